The maximum atomic E-state index is 12.2. The first-order valence-corrected chi connectivity index (χ1v) is 9.81. The van der Waals surface area contributed by atoms with E-state index < -0.39 is 5.97 Å². The molecule has 2 aromatic rings. The maximum Gasteiger partial charge on any atom is 0.338 e. The van der Waals surface area contributed by atoms with Crippen LogP contribution >= 0.6 is 0 Å². The van der Waals surface area contributed by atoms with Crippen LogP contribution in [0.25, 0.3) is 0 Å². The van der Waals surface area contributed by atoms with E-state index in [-0.39, 0.29) is 18.6 Å². The van der Waals surface area contributed by atoms with Crippen molar-refractivity contribution in [2.45, 2.75) is 39.7 Å². The molecule has 0 unspecified atom stereocenters. The van der Waals surface area contributed by atoms with Crippen molar-refractivity contribution in [3.05, 3.63) is 58.7 Å². The molecule has 0 bridgehead atoms. The third-order valence-electron chi connectivity index (χ3n) is 4.83. The molecule has 1 atom stereocenters. The summed E-state index contributed by atoms with van der Waals surface area (Å²) in [5.41, 5.74) is 4.20. The fourth-order valence-corrected chi connectivity index (χ4v) is 3.42. The molecule has 2 aromatic carbocycles. The van der Waals surface area contributed by atoms with Crippen LogP contribution in [0.4, 0.5) is 5.69 Å². The summed E-state index contributed by atoms with van der Waals surface area (Å²) in [7, 11) is 0. The van der Waals surface area contributed by atoms with Crippen molar-refractivity contribution < 1.29 is 23.8 Å². The van der Waals surface area contributed by atoms with Gasteiger partial charge in [-0.2, -0.15) is 0 Å². The first kappa shape index (κ1) is 20.9. The van der Waals surface area contributed by atoms with Crippen molar-refractivity contribution in [3.63, 3.8) is 0 Å². The predicted molar refractivity (Wildman–Crippen MR) is 110 cm³/mol. The number of rotatable bonds is 7. The van der Waals surface area contributed by atoms with Gasteiger partial charge in [0.2, 0.25) is 0 Å². The Morgan fingerprint density at radius 2 is 1.79 bits per heavy atom. The Balaban J connectivity index is 1.48. The molecule has 1 heterocycles. The monoisotopic (exact) mass is 397 g/mol. The number of anilines is 1. The first-order chi connectivity index (χ1) is 13.9. The van der Waals surface area contributed by atoms with Gasteiger partial charge in [0.25, 0.3) is 5.91 Å². The highest BCUT2D eigenvalue weighted by atomic mass is 16.5. The number of carbonyl (C=O) groups excluding carboxylic acids is 2. The minimum Gasteiger partial charge on any atom is -0.491 e. The van der Waals surface area contributed by atoms with Crippen molar-refractivity contribution >= 4 is 17.6 Å². The summed E-state index contributed by atoms with van der Waals surface area (Å²) in [6.07, 6.45) is 2.21. The molecule has 1 amide bonds. The number of carbonyl (C=O) groups is 2. The van der Waals surface area contributed by atoms with Crippen LogP contribution in [0, 0.1) is 20.8 Å². The highest BCUT2D eigenvalue weighted by molar-refractivity contribution is 5.96. The molecule has 0 spiro atoms. The normalized spacial score (nSPS) is 15.8. The van der Waals surface area contributed by atoms with Crippen LogP contribution in [-0.4, -0.2) is 37.8 Å². The van der Waals surface area contributed by atoms with Crippen molar-refractivity contribution in [2.75, 3.05) is 25.1 Å². The fraction of sp³-hybridized carbons (Fsp3) is 0.391. The SMILES string of the molecule is Cc1cc(C)c(NC(=O)COC(=O)c2ccc(OC[C@@H]3CCCO3)cc2)c(C)c1. The topological polar surface area (TPSA) is 73.9 Å². The zero-order chi connectivity index (χ0) is 20.8. The Morgan fingerprint density at radius 3 is 2.41 bits per heavy atom. The van der Waals surface area contributed by atoms with Gasteiger partial charge in [-0.1, -0.05) is 17.7 Å². The molecule has 0 radical (unpaired) electrons. The number of benzene rings is 2. The Labute approximate surface area is 171 Å². The number of nitrogens with one attached hydrogen (secondary N) is 1. The molecule has 1 N–H and O–H groups in total. The molecule has 0 aromatic heterocycles. The first-order valence-electron chi connectivity index (χ1n) is 9.81. The highest BCUT2D eigenvalue weighted by Gasteiger charge is 2.16. The lowest BCUT2D eigenvalue weighted by Gasteiger charge is -2.13. The summed E-state index contributed by atoms with van der Waals surface area (Å²) in [5, 5.41) is 2.82. The summed E-state index contributed by atoms with van der Waals surface area (Å²) in [4.78, 5) is 24.4. The molecule has 0 aliphatic carbocycles. The van der Waals surface area contributed by atoms with E-state index in [0.717, 1.165) is 41.8 Å². The van der Waals surface area contributed by atoms with Gasteiger partial charge in [0, 0.05) is 12.3 Å². The summed E-state index contributed by atoms with van der Waals surface area (Å²) in [5.74, 6) is -0.256. The second-order valence-corrected chi connectivity index (χ2v) is 7.37. The molecular formula is C23H27NO5. The third-order valence-corrected chi connectivity index (χ3v) is 4.83. The zero-order valence-corrected chi connectivity index (χ0v) is 17.1. The van der Waals surface area contributed by atoms with Gasteiger partial charge in [-0.25, -0.2) is 4.79 Å². The number of esters is 1. The molecule has 1 fully saturated rings. The van der Waals surface area contributed by atoms with Gasteiger partial charge in [-0.15, -0.1) is 0 Å². The van der Waals surface area contributed by atoms with Crippen molar-refractivity contribution in [1.29, 1.82) is 0 Å². The van der Waals surface area contributed by atoms with Gasteiger partial charge in [0.1, 0.15) is 12.4 Å². The maximum absolute atomic E-state index is 12.2. The lowest BCUT2D eigenvalue weighted by atomic mass is 10.1. The van der Waals surface area contributed by atoms with Gasteiger partial charge in [0.05, 0.1) is 11.7 Å². The van der Waals surface area contributed by atoms with Crippen LogP contribution in [-0.2, 0) is 14.3 Å². The van der Waals surface area contributed by atoms with E-state index in [2.05, 4.69) is 5.32 Å². The molecule has 0 saturated carbocycles. The predicted octanol–water partition coefficient (Wildman–Crippen LogP) is 3.97. The van der Waals surface area contributed by atoms with E-state index in [1.807, 2.05) is 32.9 Å². The van der Waals surface area contributed by atoms with E-state index in [4.69, 9.17) is 14.2 Å². The molecule has 1 aliphatic heterocycles. The summed E-state index contributed by atoms with van der Waals surface area (Å²) in [6.45, 7) is 6.82. The van der Waals surface area contributed by atoms with Gasteiger partial charge in [-0.05, 0) is 69.0 Å². The van der Waals surface area contributed by atoms with Crippen molar-refractivity contribution in [2.24, 2.45) is 0 Å². The van der Waals surface area contributed by atoms with Crippen molar-refractivity contribution in [1.82, 2.24) is 0 Å². The Morgan fingerprint density at radius 1 is 1.10 bits per heavy atom. The molecule has 154 valence electrons. The van der Waals surface area contributed by atoms with Gasteiger partial charge in [-0.3, -0.25) is 4.79 Å². The molecule has 1 saturated heterocycles. The number of amides is 1. The van der Waals surface area contributed by atoms with Crippen molar-refractivity contribution in [3.8, 4) is 5.75 Å². The van der Waals surface area contributed by atoms with E-state index in [1.165, 1.54) is 0 Å². The zero-order valence-electron chi connectivity index (χ0n) is 17.1. The molecular weight excluding hydrogens is 370 g/mol. The fourth-order valence-electron chi connectivity index (χ4n) is 3.42. The average Bonchev–Trinajstić information content (AvgIpc) is 3.21. The minimum atomic E-state index is -0.553. The van der Waals surface area contributed by atoms with E-state index in [9.17, 15) is 9.59 Å². The van der Waals surface area contributed by atoms with E-state index in [0.29, 0.717) is 17.9 Å². The van der Waals surface area contributed by atoms with Gasteiger partial charge >= 0.3 is 5.97 Å². The standard InChI is InChI=1S/C23H27NO5/c1-15-11-16(2)22(17(3)12-15)24-21(25)14-29-23(26)18-6-8-19(9-7-18)28-13-20-5-4-10-27-20/h6-9,11-12,20H,4-5,10,13-14H2,1-3H3,(H,24,25)/t20-/m0/s1. The lowest BCUT2D eigenvalue weighted by Crippen LogP contribution is -2.22. The quantitative estimate of drug-likeness (QED) is 0.716. The van der Waals surface area contributed by atoms with Crippen LogP contribution in [0.3, 0.4) is 0 Å². The molecule has 29 heavy (non-hydrogen) atoms. The number of hydrogen-bond donors (Lipinski definition) is 1. The van der Waals surface area contributed by atoms with Crippen LogP contribution in [0.1, 0.15) is 39.9 Å². The minimum absolute atomic E-state index is 0.138. The lowest BCUT2D eigenvalue weighted by molar-refractivity contribution is -0.119. The Hall–Kier alpha value is -2.86. The van der Waals surface area contributed by atoms with E-state index >= 15 is 0 Å². The van der Waals surface area contributed by atoms with Crippen LogP contribution in [0.5, 0.6) is 5.75 Å². The molecule has 6 nitrogen and oxygen atoms in total. The smallest absolute Gasteiger partial charge is 0.338 e. The van der Waals surface area contributed by atoms with Gasteiger partial charge in [0.15, 0.2) is 6.61 Å². The largest absolute Gasteiger partial charge is 0.491 e. The summed E-state index contributed by atoms with van der Waals surface area (Å²) >= 11 is 0. The third kappa shape index (κ3) is 5.81. The molecule has 1 aliphatic rings. The number of ether oxygens (including phenoxy) is 3. The Bertz CT molecular complexity index is 846. The Kier molecular flexibility index (Phi) is 6.88. The molecule has 6 heteroatoms. The second kappa shape index (κ2) is 9.56. The summed E-state index contributed by atoms with van der Waals surface area (Å²) < 4.78 is 16.3. The number of hydrogen-bond acceptors (Lipinski definition) is 5. The van der Waals surface area contributed by atoms with Crippen LogP contribution < -0.4 is 10.1 Å². The highest BCUT2D eigenvalue weighted by Crippen LogP contribution is 2.22. The van der Waals surface area contributed by atoms with Crippen LogP contribution in [0.15, 0.2) is 36.4 Å². The number of aryl methyl sites for hydroxylation is 3. The second-order valence-electron chi connectivity index (χ2n) is 7.37. The van der Waals surface area contributed by atoms with E-state index in [1.54, 1.807) is 24.3 Å². The molecule has 3 rings (SSSR count). The van der Waals surface area contributed by atoms with Crippen LogP contribution in [0.2, 0.25) is 0 Å². The van der Waals surface area contributed by atoms with Gasteiger partial charge < -0.3 is 19.5 Å². The average molecular weight is 397 g/mol. The summed E-state index contributed by atoms with van der Waals surface area (Å²) in [6, 6.07) is 10.7.